The molecule has 0 aromatic heterocycles. The summed E-state index contributed by atoms with van der Waals surface area (Å²) in [5.41, 5.74) is 0. The van der Waals surface area contributed by atoms with E-state index in [0.29, 0.717) is 0 Å². The van der Waals surface area contributed by atoms with Crippen molar-refractivity contribution in [2.24, 2.45) is 0 Å². The van der Waals surface area contributed by atoms with Crippen molar-refractivity contribution in [1.82, 2.24) is 5.32 Å². The summed E-state index contributed by atoms with van der Waals surface area (Å²) >= 11 is 0. The largest absolute Gasteiger partial charge is 0.480 e. The zero-order valence-electron chi connectivity index (χ0n) is 8.44. The lowest BCUT2D eigenvalue weighted by atomic mass is 10.2. The van der Waals surface area contributed by atoms with Crippen LogP contribution in [0.4, 0.5) is 0 Å². The summed E-state index contributed by atoms with van der Waals surface area (Å²) in [6.07, 6.45) is 0. The molecule has 0 amide bonds. The summed E-state index contributed by atoms with van der Waals surface area (Å²) in [6.45, 7) is 1.52. The Hall–Kier alpha value is -1.14. The van der Waals surface area contributed by atoms with Crippen molar-refractivity contribution in [2.45, 2.75) is 19.0 Å². The lowest BCUT2D eigenvalue weighted by Gasteiger charge is -2.17. The zero-order valence-corrected chi connectivity index (χ0v) is 8.44. The minimum Gasteiger partial charge on any atom is -0.480 e. The number of carboxylic acid groups (broad SMARTS) is 1. The third-order valence-electron chi connectivity index (χ3n) is 1.64. The van der Waals surface area contributed by atoms with E-state index in [2.05, 4.69) is 14.8 Å². The molecule has 0 heterocycles. The van der Waals surface area contributed by atoms with Crippen molar-refractivity contribution in [3.8, 4) is 0 Å². The van der Waals surface area contributed by atoms with Crippen molar-refractivity contribution >= 4 is 11.9 Å². The van der Waals surface area contributed by atoms with E-state index < -0.39 is 24.0 Å². The molecule has 0 spiro atoms. The van der Waals surface area contributed by atoms with Crippen LogP contribution in [0.3, 0.4) is 0 Å². The van der Waals surface area contributed by atoms with Gasteiger partial charge in [-0.3, -0.25) is 14.9 Å². The second kappa shape index (κ2) is 6.33. The van der Waals surface area contributed by atoms with Crippen LogP contribution in [0.1, 0.15) is 6.92 Å². The van der Waals surface area contributed by atoms with Crippen molar-refractivity contribution in [3.05, 3.63) is 0 Å². The summed E-state index contributed by atoms with van der Waals surface area (Å²) in [4.78, 5) is 21.6. The number of nitrogens with one attached hydrogen (secondary N) is 1. The van der Waals surface area contributed by atoms with Crippen molar-refractivity contribution in [1.29, 1.82) is 0 Å². The van der Waals surface area contributed by atoms with Gasteiger partial charge in [0.2, 0.25) is 0 Å². The number of esters is 1. The number of carboxylic acids is 1. The smallest absolute Gasteiger partial charge is 0.323 e. The Bertz CT molecular complexity index is 206. The number of carbonyl (C=O) groups excluding carboxylic acids is 1. The number of rotatable bonds is 6. The predicted octanol–water partition coefficient (Wildman–Crippen LogP) is -0.763. The van der Waals surface area contributed by atoms with Crippen molar-refractivity contribution in [2.75, 3.05) is 20.8 Å². The molecule has 0 aromatic carbocycles. The van der Waals surface area contributed by atoms with E-state index >= 15 is 0 Å². The van der Waals surface area contributed by atoms with E-state index in [1.54, 1.807) is 0 Å². The first-order valence-corrected chi connectivity index (χ1v) is 4.08. The van der Waals surface area contributed by atoms with Crippen LogP contribution in [-0.2, 0) is 19.1 Å². The van der Waals surface area contributed by atoms with Gasteiger partial charge < -0.3 is 14.6 Å². The number of methoxy groups -OCH3 is 2. The Morgan fingerprint density at radius 1 is 1.43 bits per heavy atom. The van der Waals surface area contributed by atoms with Crippen molar-refractivity contribution in [3.63, 3.8) is 0 Å². The lowest BCUT2D eigenvalue weighted by Crippen LogP contribution is -2.48. The maximum absolute atomic E-state index is 11.0. The number of hydrogen-bond acceptors (Lipinski definition) is 5. The normalized spacial score (nSPS) is 14.5. The summed E-state index contributed by atoms with van der Waals surface area (Å²) in [5, 5.41) is 11.3. The molecule has 6 heteroatoms. The van der Waals surface area contributed by atoms with E-state index in [1.165, 1.54) is 21.1 Å². The maximum atomic E-state index is 11.0. The number of carbonyl (C=O) groups is 2. The second-order valence-electron chi connectivity index (χ2n) is 2.76. The molecule has 0 rings (SSSR count). The standard InChI is InChI=1S/C8H15NO5/c1-5(8(12)14-3)9-6(4-13-2)7(10)11/h5-6,9H,4H2,1-3H3,(H,10,11). The highest BCUT2D eigenvalue weighted by Gasteiger charge is 2.23. The van der Waals surface area contributed by atoms with E-state index in [1.807, 2.05) is 0 Å². The third kappa shape index (κ3) is 4.20. The van der Waals surface area contributed by atoms with E-state index in [4.69, 9.17) is 5.11 Å². The first kappa shape index (κ1) is 12.9. The average Bonchev–Trinajstić information content (AvgIpc) is 2.15. The lowest BCUT2D eigenvalue weighted by molar-refractivity contribution is -0.145. The van der Waals surface area contributed by atoms with Crippen molar-refractivity contribution < 1.29 is 24.2 Å². The van der Waals surface area contributed by atoms with Gasteiger partial charge in [-0.2, -0.15) is 0 Å². The molecule has 2 N–H and O–H groups in total. The molecular formula is C8H15NO5. The van der Waals surface area contributed by atoms with Crippen LogP contribution in [0.5, 0.6) is 0 Å². The summed E-state index contributed by atoms with van der Waals surface area (Å²) in [5.74, 6) is -1.57. The molecule has 2 atom stereocenters. The molecule has 6 nitrogen and oxygen atoms in total. The van der Waals surface area contributed by atoms with Crippen LogP contribution >= 0.6 is 0 Å². The van der Waals surface area contributed by atoms with Gasteiger partial charge in [0, 0.05) is 7.11 Å². The monoisotopic (exact) mass is 205 g/mol. The van der Waals surface area contributed by atoms with Crippen LogP contribution in [0.2, 0.25) is 0 Å². The molecule has 0 aliphatic carbocycles. The number of ether oxygens (including phenoxy) is 2. The second-order valence-corrected chi connectivity index (χ2v) is 2.76. The van der Waals surface area contributed by atoms with Gasteiger partial charge in [-0.15, -0.1) is 0 Å². The maximum Gasteiger partial charge on any atom is 0.323 e. The van der Waals surface area contributed by atoms with Gasteiger partial charge in [0.1, 0.15) is 12.1 Å². The Morgan fingerprint density at radius 3 is 2.36 bits per heavy atom. The molecule has 2 unspecified atom stereocenters. The molecular weight excluding hydrogens is 190 g/mol. The van der Waals surface area contributed by atoms with Gasteiger partial charge in [0.05, 0.1) is 13.7 Å². The highest BCUT2D eigenvalue weighted by Crippen LogP contribution is 1.92. The highest BCUT2D eigenvalue weighted by molar-refractivity contribution is 5.78. The quantitative estimate of drug-likeness (QED) is 0.554. The van der Waals surface area contributed by atoms with Gasteiger partial charge in [-0.05, 0) is 6.92 Å². The van der Waals surface area contributed by atoms with E-state index in [9.17, 15) is 9.59 Å². The third-order valence-corrected chi connectivity index (χ3v) is 1.64. The molecule has 0 saturated heterocycles. The molecule has 0 fully saturated rings. The van der Waals surface area contributed by atoms with Crippen LogP contribution in [0.15, 0.2) is 0 Å². The molecule has 14 heavy (non-hydrogen) atoms. The molecule has 0 bridgehead atoms. The molecule has 0 aliphatic rings. The molecule has 82 valence electrons. The first-order valence-electron chi connectivity index (χ1n) is 4.08. The Morgan fingerprint density at radius 2 is 2.00 bits per heavy atom. The van der Waals surface area contributed by atoms with Gasteiger partial charge in [0.25, 0.3) is 0 Å². The van der Waals surface area contributed by atoms with Crippen LogP contribution in [-0.4, -0.2) is 50.0 Å². The minimum absolute atomic E-state index is 0.00331. The average molecular weight is 205 g/mol. The Labute approximate surface area is 82.2 Å². The number of aliphatic carboxylic acids is 1. The first-order chi connectivity index (χ1) is 6.52. The topological polar surface area (TPSA) is 84.9 Å². The van der Waals surface area contributed by atoms with Gasteiger partial charge in [0.15, 0.2) is 0 Å². The fraction of sp³-hybridized carbons (Fsp3) is 0.750. The molecule has 0 saturated carbocycles. The number of hydrogen-bond donors (Lipinski definition) is 2. The Kier molecular flexibility index (Phi) is 5.82. The molecule has 0 aromatic rings. The predicted molar refractivity (Wildman–Crippen MR) is 47.9 cm³/mol. The van der Waals surface area contributed by atoms with Gasteiger partial charge in [-0.25, -0.2) is 0 Å². The molecule has 0 aliphatic heterocycles. The van der Waals surface area contributed by atoms with Gasteiger partial charge in [-0.1, -0.05) is 0 Å². The molecule has 0 radical (unpaired) electrons. The van der Waals surface area contributed by atoms with Gasteiger partial charge >= 0.3 is 11.9 Å². The van der Waals surface area contributed by atoms with Crippen LogP contribution < -0.4 is 5.32 Å². The van der Waals surface area contributed by atoms with Crippen LogP contribution in [0, 0.1) is 0 Å². The van der Waals surface area contributed by atoms with Crippen LogP contribution in [0.25, 0.3) is 0 Å². The minimum atomic E-state index is -1.07. The van der Waals surface area contributed by atoms with E-state index in [0.717, 1.165) is 0 Å². The van der Waals surface area contributed by atoms with E-state index in [-0.39, 0.29) is 6.61 Å². The SMILES string of the molecule is COCC(NC(C)C(=O)OC)C(=O)O. The Balaban J connectivity index is 4.15. The fourth-order valence-electron chi connectivity index (χ4n) is 0.904. The zero-order chi connectivity index (χ0) is 11.1. The summed E-state index contributed by atoms with van der Waals surface area (Å²) in [7, 11) is 2.63. The summed E-state index contributed by atoms with van der Waals surface area (Å²) in [6, 6.07) is -1.58. The fourth-order valence-corrected chi connectivity index (χ4v) is 0.904. The summed E-state index contributed by atoms with van der Waals surface area (Å²) < 4.78 is 9.12. The highest BCUT2D eigenvalue weighted by atomic mass is 16.5.